The average molecular weight is 155 g/mol. The molecule has 4 heteroatoms. The lowest BCUT2D eigenvalue weighted by Crippen LogP contribution is -2.25. The number of hydrogen-bond donors (Lipinski definition) is 1. The van der Waals surface area contributed by atoms with Crippen molar-refractivity contribution in [1.29, 1.82) is 0 Å². The van der Waals surface area contributed by atoms with Crippen LogP contribution in [0, 0.1) is 0 Å². The molecule has 0 unspecified atom stereocenters. The second kappa shape index (κ2) is 2.64. The average Bonchev–Trinajstić information content (AvgIpc) is 2.36. The summed E-state index contributed by atoms with van der Waals surface area (Å²) in [5, 5.41) is 0. The Morgan fingerprint density at radius 1 is 1.64 bits per heavy atom. The maximum Gasteiger partial charge on any atom is 0.127 e. The summed E-state index contributed by atoms with van der Waals surface area (Å²) < 4.78 is 1.86. The predicted molar refractivity (Wildman–Crippen MR) is 41.5 cm³/mol. The summed E-state index contributed by atoms with van der Waals surface area (Å²) in [6.45, 7) is 3.74. The second-order valence-electron chi connectivity index (χ2n) is 3.05. The molecule has 0 atom stereocenters. The summed E-state index contributed by atoms with van der Waals surface area (Å²) in [5.74, 6) is 5.10. The standard InChI is InChI=1S/C7H13N3O/c1-7(2,11-8)6-4-10(3)5-9-6/h4-5H,8H2,1-3H3. The molecule has 0 amide bonds. The largest absolute Gasteiger partial charge is 0.340 e. The molecule has 62 valence electrons. The maximum atomic E-state index is 5.10. The molecule has 0 spiro atoms. The van der Waals surface area contributed by atoms with Crippen LogP contribution >= 0.6 is 0 Å². The van der Waals surface area contributed by atoms with Gasteiger partial charge in [-0.3, -0.25) is 4.84 Å². The minimum Gasteiger partial charge on any atom is -0.340 e. The Balaban J connectivity index is 2.92. The minimum atomic E-state index is -0.499. The number of nitrogens with two attached hydrogens (primary N) is 1. The monoisotopic (exact) mass is 155 g/mol. The van der Waals surface area contributed by atoms with Gasteiger partial charge in [-0.25, -0.2) is 10.9 Å². The highest BCUT2D eigenvalue weighted by Gasteiger charge is 2.22. The van der Waals surface area contributed by atoms with Gasteiger partial charge >= 0.3 is 0 Å². The lowest BCUT2D eigenvalue weighted by molar-refractivity contribution is -0.0265. The number of hydrogen-bond acceptors (Lipinski definition) is 3. The molecule has 1 aromatic heterocycles. The Hall–Kier alpha value is -0.870. The normalized spacial score (nSPS) is 12.0. The first kappa shape index (κ1) is 8.23. The zero-order chi connectivity index (χ0) is 8.48. The number of aryl methyl sites for hydroxylation is 1. The van der Waals surface area contributed by atoms with Crippen LogP contribution in [0.25, 0.3) is 0 Å². The Bertz CT molecular complexity index is 242. The van der Waals surface area contributed by atoms with Gasteiger partial charge in [0.2, 0.25) is 0 Å². The first-order valence-corrected chi connectivity index (χ1v) is 3.42. The van der Waals surface area contributed by atoms with Crippen molar-refractivity contribution in [3.63, 3.8) is 0 Å². The highest BCUT2D eigenvalue weighted by atomic mass is 16.6. The van der Waals surface area contributed by atoms with Gasteiger partial charge in [0.1, 0.15) is 5.60 Å². The predicted octanol–water partition coefficient (Wildman–Crippen LogP) is 0.545. The third-order valence-electron chi connectivity index (χ3n) is 1.62. The van der Waals surface area contributed by atoms with Crippen molar-refractivity contribution in [2.45, 2.75) is 19.4 Å². The van der Waals surface area contributed by atoms with Gasteiger partial charge in [-0.15, -0.1) is 0 Å². The number of nitrogens with zero attached hydrogens (tertiary/aromatic N) is 2. The van der Waals surface area contributed by atoms with E-state index in [9.17, 15) is 0 Å². The number of aromatic nitrogens is 2. The van der Waals surface area contributed by atoms with E-state index in [0.717, 1.165) is 5.69 Å². The summed E-state index contributed by atoms with van der Waals surface area (Å²) in [7, 11) is 1.91. The Morgan fingerprint density at radius 2 is 2.27 bits per heavy atom. The lowest BCUT2D eigenvalue weighted by Gasteiger charge is -2.18. The van der Waals surface area contributed by atoms with E-state index in [1.807, 2.05) is 31.7 Å². The van der Waals surface area contributed by atoms with Crippen molar-refractivity contribution in [2.24, 2.45) is 12.9 Å². The van der Waals surface area contributed by atoms with Crippen molar-refractivity contribution in [1.82, 2.24) is 9.55 Å². The van der Waals surface area contributed by atoms with Gasteiger partial charge in [0.05, 0.1) is 12.0 Å². The van der Waals surface area contributed by atoms with E-state index in [2.05, 4.69) is 4.98 Å². The lowest BCUT2D eigenvalue weighted by atomic mass is 10.1. The topological polar surface area (TPSA) is 53.1 Å². The summed E-state index contributed by atoms with van der Waals surface area (Å²) in [4.78, 5) is 8.88. The van der Waals surface area contributed by atoms with E-state index >= 15 is 0 Å². The fourth-order valence-corrected chi connectivity index (χ4v) is 0.784. The molecule has 2 N–H and O–H groups in total. The van der Waals surface area contributed by atoms with Crippen LogP contribution in [-0.4, -0.2) is 9.55 Å². The van der Waals surface area contributed by atoms with Crippen LogP contribution in [0.15, 0.2) is 12.5 Å². The van der Waals surface area contributed by atoms with Crippen LogP contribution in [0.5, 0.6) is 0 Å². The SMILES string of the molecule is Cn1cnc(C(C)(C)ON)c1. The molecule has 0 bridgehead atoms. The van der Waals surface area contributed by atoms with Gasteiger partial charge in [0, 0.05) is 13.2 Å². The van der Waals surface area contributed by atoms with E-state index in [-0.39, 0.29) is 0 Å². The van der Waals surface area contributed by atoms with Gasteiger partial charge in [-0.05, 0) is 13.8 Å². The molecule has 4 nitrogen and oxygen atoms in total. The van der Waals surface area contributed by atoms with Gasteiger partial charge in [0.15, 0.2) is 0 Å². The van der Waals surface area contributed by atoms with E-state index in [0.29, 0.717) is 0 Å². The molecule has 0 aliphatic heterocycles. The molecule has 0 saturated heterocycles. The molecule has 1 heterocycles. The molecule has 0 aliphatic carbocycles. The van der Waals surface area contributed by atoms with Gasteiger partial charge in [-0.1, -0.05) is 0 Å². The molecule has 0 saturated carbocycles. The molecule has 0 fully saturated rings. The highest BCUT2D eigenvalue weighted by molar-refractivity contribution is 5.05. The fourth-order valence-electron chi connectivity index (χ4n) is 0.784. The smallest absolute Gasteiger partial charge is 0.127 e. The second-order valence-corrected chi connectivity index (χ2v) is 3.05. The Morgan fingerprint density at radius 3 is 2.64 bits per heavy atom. The highest BCUT2D eigenvalue weighted by Crippen LogP contribution is 2.19. The third kappa shape index (κ3) is 1.58. The first-order chi connectivity index (χ1) is 5.06. The van der Waals surface area contributed by atoms with E-state index in [1.54, 1.807) is 6.33 Å². The van der Waals surface area contributed by atoms with Gasteiger partial charge in [0.25, 0.3) is 0 Å². The summed E-state index contributed by atoms with van der Waals surface area (Å²) in [5.41, 5.74) is 0.337. The van der Waals surface area contributed by atoms with Crippen molar-refractivity contribution in [3.8, 4) is 0 Å². The molecule has 0 radical (unpaired) electrons. The number of rotatable bonds is 2. The van der Waals surface area contributed by atoms with Crippen molar-refractivity contribution >= 4 is 0 Å². The molecular weight excluding hydrogens is 142 g/mol. The van der Waals surface area contributed by atoms with Crippen molar-refractivity contribution < 1.29 is 4.84 Å². The van der Waals surface area contributed by atoms with Crippen molar-refractivity contribution in [2.75, 3.05) is 0 Å². The van der Waals surface area contributed by atoms with Gasteiger partial charge < -0.3 is 4.57 Å². The minimum absolute atomic E-state index is 0.499. The molecule has 0 aromatic carbocycles. The van der Waals surface area contributed by atoms with Crippen molar-refractivity contribution in [3.05, 3.63) is 18.2 Å². The maximum absolute atomic E-state index is 5.10. The molecule has 11 heavy (non-hydrogen) atoms. The fraction of sp³-hybridized carbons (Fsp3) is 0.571. The van der Waals surface area contributed by atoms with Crippen LogP contribution in [-0.2, 0) is 17.5 Å². The third-order valence-corrected chi connectivity index (χ3v) is 1.62. The molecule has 0 aliphatic rings. The summed E-state index contributed by atoms with van der Waals surface area (Å²) >= 11 is 0. The molecule has 1 rings (SSSR count). The van der Waals surface area contributed by atoms with Crippen LogP contribution in [0.3, 0.4) is 0 Å². The zero-order valence-corrected chi connectivity index (χ0v) is 7.03. The summed E-state index contributed by atoms with van der Waals surface area (Å²) in [6, 6.07) is 0. The Kier molecular flexibility index (Phi) is 1.97. The zero-order valence-electron chi connectivity index (χ0n) is 7.03. The molecule has 1 aromatic rings. The van der Waals surface area contributed by atoms with Crippen LogP contribution in [0.4, 0.5) is 0 Å². The Labute approximate surface area is 65.9 Å². The van der Waals surface area contributed by atoms with E-state index < -0.39 is 5.60 Å². The number of imidazole rings is 1. The molecular formula is C7H13N3O. The quantitative estimate of drug-likeness (QED) is 0.634. The first-order valence-electron chi connectivity index (χ1n) is 3.42. The summed E-state index contributed by atoms with van der Waals surface area (Å²) in [6.07, 6.45) is 3.60. The van der Waals surface area contributed by atoms with Crippen LogP contribution in [0.2, 0.25) is 0 Å². The van der Waals surface area contributed by atoms with E-state index in [1.165, 1.54) is 0 Å². The van der Waals surface area contributed by atoms with Crippen LogP contribution < -0.4 is 5.90 Å². The van der Waals surface area contributed by atoms with Crippen LogP contribution in [0.1, 0.15) is 19.5 Å². The van der Waals surface area contributed by atoms with E-state index in [4.69, 9.17) is 10.7 Å². The van der Waals surface area contributed by atoms with Gasteiger partial charge in [-0.2, -0.15) is 0 Å².